The summed E-state index contributed by atoms with van der Waals surface area (Å²) in [6.07, 6.45) is -0.524. The minimum absolute atomic E-state index is 0.201. The Bertz CT molecular complexity index is 1280. The Balaban J connectivity index is 2.58. The molecule has 242 valence electrons. The van der Waals surface area contributed by atoms with Crippen molar-refractivity contribution in [1.29, 1.82) is 0 Å². The fraction of sp³-hybridized carbons (Fsp3) is 0.543. The average Bonchev–Trinajstić information content (AvgIpc) is 2.87. The predicted octanol–water partition coefficient (Wildman–Crippen LogP) is 5.89. The van der Waals surface area contributed by atoms with Gasteiger partial charge in [0.25, 0.3) is 0 Å². The van der Waals surface area contributed by atoms with Crippen LogP contribution in [0.4, 0.5) is 4.79 Å². The Morgan fingerprint density at radius 2 is 1.39 bits per heavy atom. The minimum Gasteiger partial charge on any atom is -0.458 e. The molecule has 3 amide bonds. The summed E-state index contributed by atoms with van der Waals surface area (Å²) < 4.78 is 11.1. The molecule has 0 heterocycles. The SMILES string of the molecule is Cc1cccc(C(C(=O)NC(Cc2ccccc2)C(=O)OC(C)(C)C)N(C(=O)C(NC(=O)OC(C)(C)C)C(C)C)C(C)C)c1. The molecular weight excluding hydrogens is 558 g/mol. The number of nitrogens with zero attached hydrogens (tertiary/aromatic N) is 1. The first-order chi connectivity index (χ1) is 20.3. The van der Waals surface area contributed by atoms with Crippen LogP contribution in [-0.2, 0) is 30.3 Å². The van der Waals surface area contributed by atoms with Gasteiger partial charge in [0.15, 0.2) is 0 Å². The van der Waals surface area contributed by atoms with Crippen molar-refractivity contribution >= 4 is 23.9 Å². The van der Waals surface area contributed by atoms with Gasteiger partial charge in [-0.25, -0.2) is 9.59 Å². The third-order valence-corrected chi connectivity index (χ3v) is 6.59. The molecule has 2 aromatic rings. The van der Waals surface area contributed by atoms with Crippen LogP contribution in [-0.4, -0.2) is 58.1 Å². The fourth-order valence-electron chi connectivity index (χ4n) is 4.73. The summed E-state index contributed by atoms with van der Waals surface area (Å²) in [6.45, 7) is 19.7. The fourth-order valence-corrected chi connectivity index (χ4v) is 4.73. The van der Waals surface area contributed by atoms with Gasteiger partial charge in [-0.05, 0) is 79.4 Å². The van der Waals surface area contributed by atoms with Crippen molar-refractivity contribution in [3.05, 3.63) is 71.3 Å². The van der Waals surface area contributed by atoms with E-state index in [1.165, 1.54) is 4.90 Å². The standard InChI is InChI=1S/C35H51N3O6/c1-22(2)28(37-33(42)44-35(9,10)11)31(40)38(23(3)4)29(26-19-15-16-24(5)20-26)30(39)36-27(32(41)43-34(6,7)8)21-25-17-13-12-14-18-25/h12-20,22-23,27-29H,21H2,1-11H3,(H,36,39)(H,37,42). The molecule has 0 aliphatic carbocycles. The summed E-state index contributed by atoms with van der Waals surface area (Å²) in [6, 6.07) is 13.2. The molecule has 2 N–H and O–H groups in total. The second kappa shape index (κ2) is 15.2. The predicted molar refractivity (Wildman–Crippen MR) is 172 cm³/mol. The van der Waals surface area contributed by atoms with E-state index < -0.39 is 59.2 Å². The van der Waals surface area contributed by atoms with Gasteiger partial charge in [0.05, 0.1) is 0 Å². The number of carbonyl (C=O) groups excluding carboxylic acids is 4. The van der Waals surface area contributed by atoms with E-state index in [9.17, 15) is 19.2 Å². The van der Waals surface area contributed by atoms with Crippen LogP contribution in [0, 0.1) is 12.8 Å². The van der Waals surface area contributed by atoms with Crippen LogP contribution in [0.15, 0.2) is 54.6 Å². The number of esters is 1. The normalized spacial score (nSPS) is 13.9. The van der Waals surface area contributed by atoms with Crippen molar-refractivity contribution < 1.29 is 28.7 Å². The smallest absolute Gasteiger partial charge is 0.408 e. The summed E-state index contributed by atoms with van der Waals surface area (Å²) in [5, 5.41) is 5.64. The molecule has 0 bridgehead atoms. The summed E-state index contributed by atoms with van der Waals surface area (Å²) in [5.41, 5.74) is 0.786. The van der Waals surface area contributed by atoms with Crippen molar-refractivity contribution in [2.75, 3.05) is 0 Å². The topological polar surface area (TPSA) is 114 Å². The van der Waals surface area contributed by atoms with E-state index >= 15 is 0 Å². The molecule has 0 saturated carbocycles. The number of carbonyl (C=O) groups is 4. The van der Waals surface area contributed by atoms with Gasteiger partial charge in [-0.1, -0.05) is 74.0 Å². The van der Waals surface area contributed by atoms with E-state index in [4.69, 9.17) is 9.47 Å². The number of nitrogens with one attached hydrogen (secondary N) is 2. The van der Waals surface area contributed by atoms with Gasteiger partial charge >= 0.3 is 12.1 Å². The Hall–Kier alpha value is -3.88. The van der Waals surface area contributed by atoms with E-state index in [0.29, 0.717) is 5.56 Å². The summed E-state index contributed by atoms with van der Waals surface area (Å²) in [7, 11) is 0. The molecule has 0 aromatic heterocycles. The lowest BCUT2D eigenvalue weighted by atomic mass is 9.96. The number of alkyl carbamates (subject to hydrolysis) is 1. The Morgan fingerprint density at radius 1 is 0.795 bits per heavy atom. The van der Waals surface area contributed by atoms with Crippen LogP contribution in [0.25, 0.3) is 0 Å². The zero-order valence-corrected chi connectivity index (χ0v) is 28.2. The van der Waals surface area contributed by atoms with Crippen LogP contribution in [0.1, 0.15) is 92.0 Å². The highest BCUT2D eigenvalue weighted by molar-refractivity contribution is 5.94. The molecule has 2 rings (SSSR count). The quantitative estimate of drug-likeness (QED) is 0.307. The average molecular weight is 610 g/mol. The van der Waals surface area contributed by atoms with E-state index in [0.717, 1.165) is 11.1 Å². The Morgan fingerprint density at radius 3 is 1.89 bits per heavy atom. The maximum absolute atomic E-state index is 14.4. The number of benzene rings is 2. The van der Waals surface area contributed by atoms with Crippen molar-refractivity contribution in [3.63, 3.8) is 0 Å². The zero-order chi connectivity index (χ0) is 33.4. The molecule has 3 atom stereocenters. The van der Waals surface area contributed by atoms with Crippen LogP contribution >= 0.6 is 0 Å². The van der Waals surface area contributed by atoms with Gasteiger partial charge in [-0.3, -0.25) is 9.59 Å². The van der Waals surface area contributed by atoms with Crippen LogP contribution in [0.2, 0.25) is 0 Å². The number of rotatable bonds is 11. The van der Waals surface area contributed by atoms with E-state index in [2.05, 4.69) is 10.6 Å². The summed E-state index contributed by atoms with van der Waals surface area (Å²) in [4.78, 5) is 56.3. The van der Waals surface area contributed by atoms with Gasteiger partial charge in [0.1, 0.15) is 29.3 Å². The maximum atomic E-state index is 14.4. The second-order valence-electron chi connectivity index (χ2n) is 13.8. The zero-order valence-electron chi connectivity index (χ0n) is 28.2. The third-order valence-electron chi connectivity index (χ3n) is 6.59. The van der Waals surface area contributed by atoms with Crippen molar-refractivity contribution in [2.24, 2.45) is 5.92 Å². The molecule has 2 aromatic carbocycles. The molecule has 9 heteroatoms. The first-order valence-electron chi connectivity index (χ1n) is 15.2. The number of aryl methyl sites for hydroxylation is 1. The molecular formula is C35H51N3O6. The largest absolute Gasteiger partial charge is 0.458 e. The first kappa shape index (κ1) is 36.3. The lowest BCUT2D eigenvalue weighted by molar-refractivity contribution is -0.159. The van der Waals surface area contributed by atoms with Crippen LogP contribution in [0.5, 0.6) is 0 Å². The monoisotopic (exact) mass is 609 g/mol. The molecule has 0 fully saturated rings. The molecule has 0 spiro atoms. The van der Waals surface area contributed by atoms with Gasteiger partial charge in [0.2, 0.25) is 11.8 Å². The Labute approximate surface area is 263 Å². The van der Waals surface area contributed by atoms with E-state index in [1.807, 2.05) is 83.1 Å². The highest BCUT2D eigenvalue weighted by atomic mass is 16.6. The lowest BCUT2D eigenvalue weighted by Gasteiger charge is -2.38. The molecule has 3 unspecified atom stereocenters. The highest BCUT2D eigenvalue weighted by Crippen LogP contribution is 2.27. The van der Waals surface area contributed by atoms with Crippen molar-refractivity contribution in [2.45, 2.75) is 118 Å². The van der Waals surface area contributed by atoms with E-state index in [1.54, 1.807) is 47.6 Å². The molecule has 9 nitrogen and oxygen atoms in total. The number of hydrogen-bond acceptors (Lipinski definition) is 6. The van der Waals surface area contributed by atoms with Crippen LogP contribution in [0.3, 0.4) is 0 Å². The third kappa shape index (κ3) is 11.3. The minimum atomic E-state index is -1.11. The van der Waals surface area contributed by atoms with Crippen molar-refractivity contribution in [1.82, 2.24) is 15.5 Å². The Kier molecular flexibility index (Phi) is 12.6. The molecule has 0 aliphatic rings. The summed E-state index contributed by atoms with van der Waals surface area (Å²) >= 11 is 0. The molecule has 0 radical (unpaired) electrons. The van der Waals surface area contributed by atoms with Gasteiger partial charge in [-0.2, -0.15) is 0 Å². The first-order valence-corrected chi connectivity index (χ1v) is 15.2. The summed E-state index contributed by atoms with van der Waals surface area (Å²) in [5.74, 6) is -1.87. The maximum Gasteiger partial charge on any atom is 0.408 e. The van der Waals surface area contributed by atoms with Crippen LogP contribution < -0.4 is 10.6 Å². The molecule has 0 saturated heterocycles. The number of ether oxygens (including phenoxy) is 2. The second-order valence-corrected chi connectivity index (χ2v) is 13.8. The van der Waals surface area contributed by atoms with Crippen molar-refractivity contribution in [3.8, 4) is 0 Å². The molecule has 0 aliphatic heterocycles. The highest BCUT2D eigenvalue weighted by Gasteiger charge is 2.40. The van der Waals surface area contributed by atoms with E-state index in [-0.39, 0.29) is 12.3 Å². The molecule has 44 heavy (non-hydrogen) atoms. The van der Waals surface area contributed by atoms with Gasteiger partial charge in [-0.15, -0.1) is 0 Å². The number of hydrogen-bond donors (Lipinski definition) is 2. The lowest BCUT2D eigenvalue weighted by Crippen LogP contribution is -2.57. The van der Waals surface area contributed by atoms with Gasteiger partial charge in [0, 0.05) is 12.5 Å². The number of amides is 3. The van der Waals surface area contributed by atoms with Gasteiger partial charge < -0.3 is 25.0 Å².